The van der Waals surface area contributed by atoms with E-state index in [1.807, 2.05) is 0 Å². The van der Waals surface area contributed by atoms with E-state index in [4.69, 9.17) is 0 Å². The van der Waals surface area contributed by atoms with E-state index in [-0.39, 0.29) is 0 Å². The lowest BCUT2D eigenvalue weighted by atomic mass is 9.82. The summed E-state index contributed by atoms with van der Waals surface area (Å²) in [5.74, 6) is 2.80. The Hall–Kier alpha value is -0.0800. The normalized spacial score (nSPS) is 37.4. The minimum absolute atomic E-state index is 0.766. The van der Waals surface area contributed by atoms with Crippen LogP contribution in [-0.4, -0.2) is 37.1 Å². The number of piperidine rings is 1. The van der Waals surface area contributed by atoms with Crippen molar-refractivity contribution >= 4 is 0 Å². The first-order valence-electron chi connectivity index (χ1n) is 8.64. The van der Waals surface area contributed by atoms with Gasteiger partial charge >= 0.3 is 0 Å². The van der Waals surface area contributed by atoms with Gasteiger partial charge in [-0.05, 0) is 56.5 Å². The lowest BCUT2D eigenvalue weighted by molar-refractivity contribution is 0.114. The van der Waals surface area contributed by atoms with Crippen molar-refractivity contribution < 1.29 is 0 Å². The van der Waals surface area contributed by atoms with Crippen LogP contribution in [0.4, 0.5) is 0 Å². The molecule has 0 aromatic rings. The van der Waals surface area contributed by atoms with Gasteiger partial charge in [-0.2, -0.15) is 0 Å². The third-order valence-corrected chi connectivity index (χ3v) is 5.30. The van der Waals surface area contributed by atoms with Gasteiger partial charge in [-0.25, -0.2) is 0 Å². The van der Waals surface area contributed by atoms with Gasteiger partial charge < -0.3 is 10.2 Å². The first-order chi connectivity index (χ1) is 9.19. The van der Waals surface area contributed by atoms with Crippen LogP contribution in [0.25, 0.3) is 0 Å². The van der Waals surface area contributed by atoms with E-state index in [2.05, 4.69) is 31.0 Å². The summed E-state index contributed by atoms with van der Waals surface area (Å²) in [6, 6.07) is 0.766. The van der Waals surface area contributed by atoms with Crippen molar-refractivity contribution in [3.63, 3.8) is 0 Å². The van der Waals surface area contributed by atoms with Crippen molar-refractivity contribution in [3.05, 3.63) is 0 Å². The molecule has 1 heterocycles. The fourth-order valence-electron chi connectivity index (χ4n) is 3.91. The SMILES string of the molecule is CCCNC1CCN(CC2CCC(C)CC2)CC1C. The van der Waals surface area contributed by atoms with Crippen LogP contribution in [0.1, 0.15) is 59.3 Å². The largest absolute Gasteiger partial charge is 0.314 e. The highest BCUT2D eigenvalue weighted by Gasteiger charge is 2.27. The number of rotatable bonds is 5. The maximum Gasteiger partial charge on any atom is 0.0117 e. The summed E-state index contributed by atoms with van der Waals surface area (Å²) >= 11 is 0. The molecule has 2 fully saturated rings. The summed E-state index contributed by atoms with van der Waals surface area (Å²) in [5, 5.41) is 3.72. The summed E-state index contributed by atoms with van der Waals surface area (Å²) in [6.07, 6.45) is 8.49. The lowest BCUT2D eigenvalue weighted by Gasteiger charge is -2.40. The lowest BCUT2D eigenvalue weighted by Crippen LogP contribution is -2.49. The molecule has 2 aliphatic rings. The summed E-state index contributed by atoms with van der Waals surface area (Å²) < 4.78 is 0. The van der Waals surface area contributed by atoms with Crippen molar-refractivity contribution in [2.45, 2.75) is 65.3 Å². The Morgan fingerprint density at radius 1 is 1.05 bits per heavy atom. The second-order valence-electron chi connectivity index (χ2n) is 7.21. The van der Waals surface area contributed by atoms with Gasteiger partial charge in [0.05, 0.1) is 0 Å². The zero-order chi connectivity index (χ0) is 13.7. The van der Waals surface area contributed by atoms with E-state index >= 15 is 0 Å². The predicted octanol–water partition coefficient (Wildman–Crippen LogP) is 3.52. The third kappa shape index (κ3) is 4.75. The van der Waals surface area contributed by atoms with Crippen LogP contribution in [0.5, 0.6) is 0 Å². The number of hydrogen-bond acceptors (Lipinski definition) is 2. The smallest absolute Gasteiger partial charge is 0.0117 e. The first-order valence-corrected chi connectivity index (χ1v) is 8.64. The van der Waals surface area contributed by atoms with Crippen molar-refractivity contribution in [2.75, 3.05) is 26.2 Å². The summed E-state index contributed by atoms with van der Waals surface area (Å²) in [6.45, 7) is 12.3. The maximum absolute atomic E-state index is 3.72. The second-order valence-corrected chi connectivity index (χ2v) is 7.21. The number of nitrogens with zero attached hydrogens (tertiary/aromatic N) is 1. The average molecular weight is 266 g/mol. The molecule has 2 atom stereocenters. The summed E-state index contributed by atoms with van der Waals surface area (Å²) in [7, 11) is 0. The first kappa shape index (κ1) is 15.3. The van der Waals surface area contributed by atoms with Crippen LogP contribution < -0.4 is 5.32 Å². The van der Waals surface area contributed by atoms with Gasteiger partial charge in [0.2, 0.25) is 0 Å². The van der Waals surface area contributed by atoms with Crippen LogP contribution >= 0.6 is 0 Å². The van der Waals surface area contributed by atoms with E-state index in [9.17, 15) is 0 Å². The van der Waals surface area contributed by atoms with Gasteiger partial charge in [-0.3, -0.25) is 0 Å². The molecule has 1 saturated heterocycles. The zero-order valence-electron chi connectivity index (χ0n) is 13.3. The van der Waals surface area contributed by atoms with Crippen LogP contribution in [0.15, 0.2) is 0 Å². The Balaban J connectivity index is 1.69. The monoisotopic (exact) mass is 266 g/mol. The number of likely N-dealkylation sites (tertiary alicyclic amines) is 1. The van der Waals surface area contributed by atoms with Gasteiger partial charge in [-0.15, -0.1) is 0 Å². The molecule has 1 aliphatic heterocycles. The molecule has 2 nitrogen and oxygen atoms in total. The van der Waals surface area contributed by atoms with Gasteiger partial charge in [0.25, 0.3) is 0 Å². The van der Waals surface area contributed by atoms with Gasteiger partial charge in [0.1, 0.15) is 0 Å². The fraction of sp³-hybridized carbons (Fsp3) is 1.00. The van der Waals surface area contributed by atoms with Crippen LogP contribution in [0.2, 0.25) is 0 Å². The molecule has 1 N–H and O–H groups in total. The molecule has 19 heavy (non-hydrogen) atoms. The van der Waals surface area contributed by atoms with E-state index in [0.29, 0.717) is 0 Å². The number of hydrogen-bond donors (Lipinski definition) is 1. The molecule has 0 aromatic heterocycles. The second kappa shape index (κ2) is 7.64. The molecular formula is C17H34N2. The van der Waals surface area contributed by atoms with Gasteiger partial charge in [-0.1, -0.05) is 33.6 Å². The highest BCUT2D eigenvalue weighted by atomic mass is 15.1. The predicted molar refractivity (Wildman–Crippen MR) is 83.4 cm³/mol. The molecule has 2 rings (SSSR count). The molecule has 0 radical (unpaired) electrons. The highest BCUT2D eigenvalue weighted by Crippen LogP contribution is 2.29. The maximum atomic E-state index is 3.72. The van der Waals surface area contributed by atoms with E-state index in [1.54, 1.807) is 0 Å². The van der Waals surface area contributed by atoms with Crippen LogP contribution in [0, 0.1) is 17.8 Å². The van der Waals surface area contributed by atoms with Gasteiger partial charge in [0.15, 0.2) is 0 Å². The molecule has 0 amide bonds. The molecule has 1 saturated carbocycles. The van der Waals surface area contributed by atoms with Crippen molar-refractivity contribution in [1.29, 1.82) is 0 Å². The Kier molecular flexibility index (Phi) is 6.15. The fourth-order valence-corrected chi connectivity index (χ4v) is 3.91. The van der Waals surface area contributed by atoms with E-state index < -0.39 is 0 Å². The number of nitrogens with one attached hydrogen (secondary N) is 1. The van der Waals surface area contributed by atoms with Gasteiger partial charge in [0, 0.05) is 19.1 Å². The topological polar surface area (TPSA) is 15.3 Å². The standard InChI is InChI=1S/C17H34N2/c1-4-10-18-17-9-11-19(12-15(17)3)13-16-7-5-14(2)6-8-16/h14-18H,4-13H2,1-3H3. The molecule has 2 heteroatoms. The zero-order valence-corrected chi connectivity index (χ0v) is 13.3. The Morgan fingerprint density at radius 2 is 1.79 bits per heavy atom. The molecule has 1 aliphatic carbocycles. The van der Waals surface area contributed by atoms with E-state index in [1.165, 1.54) is 64.7 Å². The average Bonchev–Trinajstić information content (AvgIpc) is 2.41. The van der Waals surface area contributed by atoms with E-state index in [0.717, 1.165) is 23.8 Å². The third-order valence-electron chi connectivity index (χ3n) is 5.30. The van der Waals surface area contributed by atoms with Crippen molar-refractivity contribution in [3.8, 4) is 0 Å². The molecule has 112 valence electrons. The van der Waals surface area contributed by atoms with Crippen molar-refractivity contribution in [2.24, 2.45) is 17.8 Å². The molecule has 0 bridgehead atoms. The Morgan fingerprint density at radius 3 is 2.42 bits per heavy atom. The minimum Gasteiger partial charge on any atom is -0.314 e. The quantitative estimate of drug-likeness (QED) is 0.819. The molecule has 0 spiro atoms. The highest BCUT2D eigenvalue weighted by molar-refractivity contribution is 4.84. The van der Waals surface area contributed by atoms with Crippen LogP contribution in [0.3, 0.4) is 0 Å². The molecule has 0 aromatic carbocycles. The van der Waals surface area contributed by atoms with Crippen molar-refractivity contribution in [1.82, 2.24) is 10.2 Å². The Bertz CT molecular complexity index is 246. The molecule has 2 unspecified atom stereocenters. The molecular weight excluding hydrogens is 232 g/mol. The Labute approximate surface area is 120 Å². The minimum atomic E-state index is 0.766. The van der Waals surface area contributed by atoms with Crippen LogP contribution in [-0.2, 0) is 0 Å². The summed E-state index contributed by atoms with van der Waals surface area (Å²) in [5.41, 5.74) is 0. The summed E-state index contributed by atoms with van der Waals surface area (Å²) in [4.78, 5) is 2.75.